The number of nitrogens with one attached hydrogen (secondary N) is 1. The van der Waals surface area contributed by atoms with Crippen LogP contribution in [0.5, 0.6) is 0 Å². The third-order valence-corrected chi connectivity index (χ3v) is 2.91. The van der Waals surface area contributed by atoms with Gasteiger partial charge in [-0.05, 0) is 30.0 Å². The lowest BCUT2D eigenvalue weighted by Gasteiger charge is -1.99. The van der Waals surface area contributed by atoms with Crippen molar-refractivity contribution >= 4 is 29.3 Å². The second-order valence-electron chi connectivity index (χ2n) is 3.10. The summed E-state index contributed by atoms with van der Waals surface area (Å²) in [5.41, 5.74) is 1.13. The number of rotatable bonds is 4. The Morgan fingerprint density at radius 3 is 2.88 bits per heavy atom. The van der Waals surface area contributed by atoms with Gasteiger partial charge >= 0.3 is 5.97 Å². The van der Waals surface area contributed by atoms with Crippen LogP contribution in [-0.4, -0.2) is 25.5 Å². The summed E-state index contributed by atoms with van der Waals surface area (Å²) in [5, 5.41) is 4.38. The maximum Gasteiger partial charge on any atom is 0.325 e. The van der Waals surface area contributed by atoms with Crippen LogP contribution in [0.15, 0.2) is 17.5 Å². The van der Waals surface area contributed by atoms with Crippen molar-refractivity contribution in [3.63, 3.8) is 0 Å². The molecular formula is C11H13NO3S. The van der Waals surface area contributed by atoms with Crippen molar-refractivity contribution in [2.75, 3.05) is 13.7 Å². The zero-order valence-corrected chi connectivity index (χ0v) is 9.97. The topological polar surface area (TPSA) is 55.4 Å². The molecule has 0 bridgehead atoms. The Labute approximate surface area is 97.9 Å². The molecular weight excluding hydrogens is 226 g/mol. The smallest absolute Gasteiger partial charge is 0.325 e. The van der Waals surface area contributed by atoms with Crippen LogP contribution in [0.3, 0.4) is 0 Å². The highest BCUT2D eigenvalue weighted by molar-refractivity contribution is 7.11. The Morgan fingerprint density at radius 1 is 1.56 bits per heavy atom. The Hall–Kier alpha value is -1.62. The molecule has 1 amide bonds. The summed E-state index contributed by atoms with van der Waals surface area (Å²) in [5.74, 6) is -0.771. The van der Waals surface area contributed by atoms with Crippen LogP contribution in [0.1, 0.15) is 10.4 Å². The zero-order valence-electron chi connectivity index (χ0n) is 9.15. The summed E-state index contributed by atoms with van der Waals surface area (Å²) >= 11 is 1.56. The van der Waals surface area contributed by atoms with E-state index in [1.807, 2.05) is 18.4 Å². The predicted molar refractivity (Wildman–Crippen MR) is 63.1 cm³/mol. The van der Waals surface area contributed by atoms with Crippen molar-refractivity contribution in [3.8, 4) is 0 Å². The third-order valence-electron chi connectivity index (χ3n) is 1.92. The van der Waals surface area contributed by atoms with Gasteiger partial charge in [-0.1, -0.05) is 0 Å². The number of carbonyl (C=O) groups excluding carboxylic acids is 2. The summed E-state index contributed by atoms with van der Waals surface area (Å²) < 4.78 is 4.39. The van der Waals surface area contributed by atoms with Crippen LogP contribution in [0.25, 0.3) is 6.08 Å². The van der Waals surface area contributed by atoms with E-state index in [4.69, 9.17) is 0 Å². The van der Waals surface area contributed by atoms with Gasteiger partial charge in [0.2, 0.25) is 5.91 Å². The highest BCUT2D eigenvalue weighted by atomic mass is 32.1. The summed E-state index contributed by atoms with van der Waals surface area (Å²) in [6.07, 6.45) is 3.13. The first-order chi connectivity index (χ1) is 7.63. The summed E-state index contributed by atoms with van der Waals surface area (Å²) in [6.45, 7) is 1.87. The maximum atomic E-state index is 11.3. The minimum atomic E-state index is -0.464. The van der Waals surface area contributed by atoms with Crippen molar-refractivity contribution in [3.05, 3.63) is 28.0 Å². The molecule has 86 valence electrons. The van der Waals surface area contributed by atoms with Gasteiger partial charge in [-0.2, -0.15) is 0 Å². The second kappa shape index (κ2) is 6.07. The van der Waals surface area contributed by atoms with Gasteiger partial charge in [-0.3, -0.25) is 9.59 Å². The van der Waals surface area contributed by atoms with E-state index in [0.717, 1.165) is 10.4 Å². The molecule has 16 heavy (non-hydrogen) atoms. The Morgan fingerprint density at radius 2 is 2.31 bits per heavy atom. The fourth-order valence-electron chi connectivity index (χ4n) is 0.997. The molecule has 0 aliphatic carbocycles. The Balaban J connectivity index is 2.43. The molecule has 5 heteroatoms. The number of methoxy groups -OCH3 is 1. The Bertz CT molecular complexity index is 409. The van der Waals surface area contributed by atoms with Crippen LogP contribution in [0.2, 0.25) is 0 Å². The lowest BCUT2D eigenvalue weighted by molar-refractivity contribution is -0.140. The molecule has 0 aliphatic rings. The quantitative estimate of drug-likeness (QED) is 0.637. The molecule has 0 aliphatic heterocycles. The number of carbonyl (C=O) groups is 2. The number of amides is 1. The molecule has 0 fully saturated rings. The number of thiophene rings is 1. The number of esters is 1. The minimum Gasteiger partial charge on any atom is -0.468 e. The van der Waals surface area contributed by atoms with Crippen LogP contribution >= 0.6 is 11.3 Å². The van der Waals surface area contributed by atoms with E-state index in [0.29, 0.717) is 0 Å². The van der Waals surface area contributed by atoms with Crippen molar-refractivity contribution in [1.82, 2.24) is 5.32 Å². The van der Waals surface area contributed by atoms with Crippen LogP contribution in [0, 0.1) is 6.92 Å². The molecule has 0 atom stereocenters. The number of hydrogen-bond acceptors (Lipinski definition) is 4. The molecule has 1 aromatic rings. The van der Waals surface area contributed by atoms with Crippen LogP contribution in [0.4, 0.5) is 0 Å². The first-order valence-electron chi connectivity index (χ1n) is 4.70. The molecule has 1 rings (SSSR count). The fraction of sp³-hybridized carbons (Fsp3) is 0.273. The molecule has 0 unspecified atom stereocenters. The van der Waals surface area contributed by atoms with E-state index >= 15 is 0 Å². The maximum absolute atomic E-state index is 11.3. The van der Waals surface area contributed by atoms with Gasteiger partial charge in [0.05, 0.1) is 7.11 Å². The average molecular weight is 239 g/mol. The second-order valence-corrected chi connectivity index (χ2v) is 4.04. The van der Waals surface area contributed by atoms with Gasteiger partial charge in [-0.15, -0.1) is 11.3 Å². The largest absolute Gasteiger partial charge is 0.468 e. The van der Waals surface area contributed by atoms with Gasteiger partial charge in [-0.25, -0.2) is 0 Å². The molecule has 1 N–H and O–H groups in total. The van der Waals surface area contributed by atoms with E-state index in [-0.39, 0.29) is 12.5 Å². The van der Waals surface area contributed by atoms with Crippen molar-refractivity contribution in [1.29, 1.82) is 0 Å². The van der Waals surface area contributed by atoms with Crippen LogP contribution < -0.4 is 5.32 Å². The highest BCUT2D eigenvalue weighted by Crippen LogP contribution is 2.16. The van der Waals surface area contributed by atoms with Crippen molar-refractivity contribution in [2.24, 2.45) is 0 Å². The monoisotopic (exact) mass is 239 g/mol. The first-order valence-corrected chi connectivity index (χ1v) is 5.58. The van der Waals surface area contributed by atoms with E-state index in [2.05, 4.69) is 10.1 Å². The third kappa shape index (κ3) is 3.86. The fourth-order valence-corrected chi connectivity index (χ4v) is 1.82. The molecule has 0 saturated carbocycles. The number of aryl methyl sites for hydroxylation is 1. The van der Waals surface area contributed by atoms with E-state index in [9.17, 15) is 9.59 Å². The predicted octanol–water partition coefficient (Wildman–Crippen LogP) is 1.36. The number of ether oxygens (including phenoxy) is 1. The van der Waals surface area contributed by atoms with Gasteiger partial charge in [0.25, 0.3) is 0 Å². The van der Waals surface area contributed by atoms with E-state index < -0.39 is 5.97 Å². The summed E-state index contributed by atoms with van der Waals surface area (Å²) in [4.78, 5) is 23.0. The van der Waals surface area contributed by atoms with Gasteiger partial charge in [0, 0.05) is 11.0 Å². The summed E-state index contributed by atoms with van der Waals surface area (Å²) in [6, 6.07) is 1.98. The van der Waals surface area contributed by atoms with Gasteiger partial charge < -0.3 is 10.1 Å². The molecule has 4 nitrogen and oxygen atoms in total. The van der Waals surface area contributed by atoms with Gasteiger partial charge in [0.1, 0.15) is 6.54 Å². The molecule has 0 radical (unpaired) electrons. The number of hydrogen-bond donors (Lipinski definition) is 1. The standard InChI is InChI=1S/C11H13NO3S/c1-8-5-6-16-9(8)3-4-10(13)12-7-11(14)15-2/h3-6H,7H2,1-2H3,(H,12,13)/b4-3+. The molecule has 0 saturated heterocycles. The van der Waals surface area contributed by atoms with Gasteiger partial charge in [0.15, 0.2) is 0 Å². The van der Waals surface area contributed by atoms with E-state index in [1.165, 1.54) is 13.2 Å². The minimum absolute atomic E-state index is 0.108. The normalized spacial score (nSPS) is 10.4. The van der Waals surface area contributed by atoms with Crippen LogP contribution in [-0.2, 0) is 14.3 Å². The summed E-state index contributed by atoms with van der Waals surface area (Å²) in [7, 11) is 1.28. The molecule has 0 spiro atoms. The lowest BCUT2D eigenvalue weighted by Crippen LogP contribution is -2.28. The molecule has 1 heterocycles. The van der Waals surface area contributed by atoms with Crippen molar-refractivity contribution in [2.45, 2.75) is 6.92 Å². The highest BCUT2D eigenvalue weighted by Gasteiger charge is 2.02. The average Bonchev–Trinajstić information content (AvgIpc) is 2.69. The molecule has 1 aromatic heterocycles. The zero-order chi connectivity index (χ0) is 12.0. The SMILES string of the molecule is COC(=O)CNC(=O)/C=C/c1sccc1C. The van der Waals surface area contributed by atoms with Crippen molar-refractivity contribution < 1.29 is 14.3 Å². The first kappa shape index (κ1) is 12.4. The lowest BCUT2D eigenvalue weighted by atomic mass is 10.3. The van der Waals surface area contributed by atoms with E-state index in [1.54, 1.807) is 17.4 Å². The Kier molecular flexibility index (Phi) is 4.72. The molecule has 0 aromatic carbocycles.